The summed E-state index contributed by atoms with van der Waals surface area (Å²) in [6.45, 7) is 2.38. The first-order chi connectivity index (χ1) is 36.2. The van der Waals surface area contributed by atoms with E-state index in [0.29, 0.717) is 19.3 Å². The van der Waals surface area contributed by atoms with Crippen LogP contribution in [0.5, 0.6) is 0 Å². The number of rotatable bonds is 53. The van der Waals surface area contributed by atoms with E-state index < -0.39 is 91.5 Å². The van der Waals surface area contributed by atoms with Gasteiger partial charge in [-0.1, -0.05) is 171 Å². The molecule has 0 aliphatic heterocycles. The lowest BCUT2D eigenvalue weighted by Gasteiger charge is -2.21. The second-order valence-electron chi connectivity index (χ2n) is 18.7. The Morgan fingerprint density at radius 1 is 0.373 bits per heavy atom. The van der Waals surface area contributed by atoms with Crippen LogP contribution in [0.1, 0.15) is 213 Å². The second kappa shape index (κ2) is 51.7. The maximum atomic E-state index is 12.8. The van der Waals surface area contributed by atoms with Gasteiger partial charge in [0.1, 0.15) is 25.4 Å². The van der Waals surface area contributed by atoms with Crippen LogP contribution in [0.2, 0.25) is 0 Å². The molecule has 0 spiro atoms. The van der Waals surface area contributed by atoms with Gasteiger partial charge in [0.25, 0.3) is 0 Å². The van der Waals surface area contributed by atoms with Gasteiger partial charge in [-0.25, -0.2) is 9.13 Å². The maximum Gasteiger partial charge on any atom is 0.472 e. The third kappa shape index (κ3) is 52.8. The summed E-state index contributed by atoms with van der Waals surface area (Å²) in [5.41, 5.74) is 0. The van der Waals surface area contributed by atoms with Crippen LogP contribution in [0.4, 0.5) is 0 Å². The number of esters is 3. The number of aliphatic hydroxyl groups excluding tert-OH is 2. The number of carbonyl (C=O) groups excluding carboxylic acids is 3. The van der Waals surface area contributed by atoms with Crippen LogP contribution >= 0.6 is 15.6 Å². The van der Waals surface area contributed by atoms with Gasteiger partial charge in [0.2, 0.25) is 0 Å². The van der Waals surface area contributed by atoms with E-state index in [4.69, 9.17) is 32.3 Å². The Bertz CT molecular complexity index is 1680. The zero-order valence-electron chi connectivity index (χ0n) is 46.2. The first-order valence-electron chi connectivity index (χ1n) is 28.2. The summed E-state index contributed by atoms with van der Waals surface area (Å²) in [6.07, 6.45) is 48.4. The highest BCUT2D eigenvalue weighted by atomic mass is 31.2. The summed E-state index contributed by atoms with van der Waals surface area (Å²) in [6, 6.07) is 0. The van der Waals surface area contributed by atoms with Gasteiger partial charge < -0.3 is 34.2 Å². The van der Waals surface area contributed by atoms with E-state index in [2.05, 4.69) is 93.7 Å². The molecule has 0 aliphatic rings. The van der Waals surface area contributed by atoms with Crippen molar-refractivity contribution in [3.63, 3.8) is 0 Å². The highest BCUT2D eigenvalue weighted by molar-refractivity contribution is 7.47. The molecular weight excluding hydrogens is 1000 g/mol. The average molecular weight is 1100 g/mol. The van der Waals surface area contributed by atoms with Gasteiger partial charge in [-0.2, -0.15) is 0 Å². The number of hydrogen-bond acceptors (Lipinski definition) is 14. The highest BCUT2D eigenvalue weighted by Crippen LogP contribution is 2.45. The van der Waals surface area contributed by atoms with Crippen molar-refractivity contribution in [2.45, 2.75) is 232 Å². The fraction of sp³-hybridized carbons (Fsp3) is 0.737. The van der Waals surface area contributed by atoms with E-state index in [-0.39, 0.29) is 19.3 Å². The summed E-state index contributed by atoms with van der Waals surface area (Å²) in [4.78, 5) is 57.9. The topological polar surface area (TPSA) is 231 Å². The minimum absolute atomic E-state index is 0.0850. The first kappa shape index (κ1) is 72.0. The molecule has 0 aromatic heterocycles. The van der Waals surface area contributed by atoms with Crippen molar-refractivity contribution in [3.8, 4) is 0 Å². The molecule has 0 radical (unpaired) electrons. The van der Waals surface area contributed by atoms with Crippen LogP contribution < -0.4 is 0 Å². The third-order valence-corrected chi connectivity index (χ3v) is 13.2. The number of carbonyl (C=O) groups is 3. The lowest BCUT2D eigenvalue weighted by Crippen LogP contribution is -2.30. The predicted octanol–water partition coefficient (Wildman–Crippen LogP) is 14.1. The van der Waals surface area contributed by atoms with Crippen molar-refractivity contribution >= 4 is 33.6 Å². The van der Waals surface area contributed by atoms with Gasteiger partial charge in [0.05, 0.1) is 26.4 Å². The molecule has 0 rings (SSSR count). The first-order valence-corrected chi connectivity index (χ1v) is 31.2. The summed E-state index contributed by atoms with van der Waals surface area (Å²) >= 11 is 0. The van der Waals surface area contributed by atoms with Crippen molar-refractivity contribution < 1.29 is 75.8 Å². The molecule has 18 heteroatoms. The number of hydrogen-bond donors (Lipinski definition) is 4. The number of unbranched alkanes of at least 4 members (excludes halogenated alkanes) is 18. The van der Waals surface area contributed by atoms with Gasteiger partial charge in [-0.05, 0) is 96.3 Å². The molecule has 4 N–H and O–H groups in total. The van der Waals surface area contributed by atoms with Crippen molar-refractivity contribution in [2.75, 3.05) is 39.6 Å². The van der Waals surface area contributed by atoms with E-state index >= 15 is 0 Å². The van der Waals surface area contributed by atoms with E-state index in [0.717, 1.165) is 154 Å². The lowest BCUT2D eigenvalue weighted by molar-refractivity contribution is -0.161. The highest BCUT2D eigenvalue weighted by Gasteiger charge is 2.29. The largest absolute Gasteiger partial charge is 0.472 e. The number of phosphoric ester groups is 2. The lowest BCUT2D eigenvalue weighted by atomic mass is 10.1. The molecule has 0 saturated heterocycles. The zero-order valence-corrected chi connectivity index (χ0v) is 48.0. The van der Waals surface area contributed by atoms with E-state index in [9.17, 15) is 43.5 Å². The normalized spacial score (nSPS) is 15.1. The van der Waals surface area contributed by atoms with Crippen molar-refractivity contribution in [3.05, 3.63) is 72.9 Å². The van der Waals surface area contributed by atoms with Crippen LogP contribution in [0.15, 0.2) is 72.9 Å². The van der Waals surface area contributed by atoms with Gasteiger partial charge in [0, 0.05) is 19.3 Å². The van der Waals surface area contributed by atoms with Crippen molar-refractivity contribution in [1.82, 2.24) is 0 Å². The Balaban J connectivity index is 4.75. The average Bonchev–Trinajstić information content (AvgIpc) is 3.38. The fourth-order valence-corrected chi connectivity index (χ4v) is 8.56. The van der Waals surface area contributed by atoms with Gasteiger partial charge in [-0.3, -0.25) is 32.5 Å². The van der Waals surface area contributed by atoms with Crippen LogP contribution in [0, 0.1) is 0 Å². The molecular formula is C57H100O16P2. The Morgan fingerprint density at radius 2 is 0.667 bits per heavy atom. The molecule has 16 nitrogen and oxygen atoms in total. The Kier molecular flexibility index (Phi) is 49.7. The van der Waals surface area contributed by atoms with E-state index in [1.54, 1.807) is 0 Å². The van der Waals surface area contributed by atoms with Gasteiger partial charge in [-0.15, -0.1) is 0 Å². The van der Waals surface area contributed by atoms with Crippen molar-refractivity contribution in [2.24, 2.45) is 0 Å². The monoisotopic (exact) mass is 1100 g/mol. The maximum absolute atomic E-state index is 12.8. The molecule has 0 saturated carbocycles. The molecule has 0 aromatic carbocycles. The second-order valence-corrected chi connectivity index (χ2v) is 21.6. The summed E-state index contributed by atoms with van der Waals surface area (Å²) in [5.74, 6) is -1.63. The van der Waals surface area contributed by atoms with E-state index in [1.807, 2.05) is 0 Å². The Morgan fingerprint density at radius 3 is 1.04 bits per heavy atom. The molecule has 5 atom stereocenters. The van der Waals surface area contributed by atoms with Gasteiger partial charge in [0.15, 0.2) is 6.10 Å². The smallest absolute Gasteiger partial charge is 0.463 e. The third-order valence-electron chi connectivity index (χ3n) is 11.3. The van der Waals surface area contributed by atoms with Crippen LogP contribution in [0.25, 0.3) is 0 Å². The molecule has 0 amide bonds. The quantitative estimate of drug-likeness (QED) is 0.0146. The molecule has 5 unspecified atom stereocenters. The SMILES string of the molecule is CCC/C=C\C/C=C\CCCCCCCC(=O)OCC(O)COP(=O)(O)OCC(O)COP(=O)(O)OCC(COC(=O)CCCCCCC/C=C\C/C=C\CCC)OC(=O)CCCCCCC/C=C\C/C=C\CCC. The number of aliphatic hydroxyl groups is 2. The molecule has 434 valence electrons. The predicted molar refractivity (Wildman–Crippen MR) is 298 cm³/mol. The standard InChI is InChI=1S/C57H100O16P2/c1-4-7-10-13-16-19-22-25-28-31-34-37-40-43-55(60)67-46-52(58)47-69-74(63,64)70-48-53(59)49-71-75(65,66)72-51-54(73-57(62)45-42-39-36-33-30-27-24-21-18-15-12-9-6-3)50-68-56(61)44-41-38-35-32-29-26-23-20-17-14-11-8-5-2/h10-15,19-24,52-54,58-59H,4-9,16-18,25-51H2,1-3H3,(H,63,64)(H,65,66)/b13-10-,14-11-,15-12-,22-19-,23-20-,24-21-. The summed E-state index contributed by atoms with van der Waals surface area (Å²) in [5, 5.41) is 20.4. The molecule has 0 fully saturated rings. The summed E-state index contributed by atoms with van der Waals surface area (Å²) in [7, 11) is -9.76. The van der Waals surface area contributed by atoms with E-state index in [1.165, 1.54) is 0 Å². The van der Waals surface area contributed by atoms with Crippen LogP contribution in [-0.4, -0.2) is 95.9 Å². The number of phosphoric acid groups is 2. The van der Waals surface area contributed by atoms with Crippen molar-refractivity contribution in [1.29, 1.82) is 0 Å². The van der Waals surface area contributed by atoms with Crippen LogP contribution in [-0.2, 0) is 55.8 Å². The zero-order chi connectivity index (χ0) is 55.4. The minimum atomic E-state index is -4.92. The number of allylic oxidation sites excluding steroid dienone is 12. The molecule has 0 bridgehead atoms. The summed E-state index contributed by atoms with van der Waals surface area (Å²) < 4.78 is 60.4. The molecule has 0 heterocycles. The molecule has 75 heavy (non-hydrogen) atoms. The van der Waals surface area contributed by atoms with Crippen LogP contribution in [0.3, 0.4) is 0 Å². The minimum Gasteiger partial charge on any atom is -0.463 e. The Labute approximate surface area is 452 Å². The molecule has 0 aliphatic carbocycles. The van der Waals surface area contributed by atoms with Gasteiger partial charge >= 0.3 is 33.6 Å². The fourth-order valence-electron chi connectivity index (χ4n) is 6.97. The molecule has 0 aromatic rings. The number of ether oxygens (including phenoxy) is 3. The Hall–Kier alpha value is -3.01.